The quantitative estimate of drug-likeness (QED) is 0.912. The highest BCUT2D eigenvalue weighted by Crippen LogP contribution is 2.30. The summed E-state index contributed by atoms with van der Waals surface area (Å²) in [7, 11) is 0. The molecule has 4 nitrogen and oxygen atoms in total. The Balaban J connectivity index is 2.04. The molecule has 0 amide bonds. The lowest BCUT2D eigenvalue weighted by Crippen LogP contribution is -2.47. The molecule has 1 aliphatic rings. The zero-order valence-corrected chi connectivity index (χ0v) is 13.0. The van der Waals surface area contributed by atoms with Crippen molar-refractivity contribution in [1.29, 1.82) is 0 Å². The van der Waals surface area contributed by atoms with Crippen LogP contribution in [0, 0.1) is 0 Å². The van der Waals surface area contributed by atoms with Gasteiger partial charge in [0.25, 0.3) is 0 Å². The Bertz CT molecular complexity index is 420. The predicted molar refractivity (Wildman–Crippen MR) is 83.3 cm³/mol. The van der Waals surface area contributed by atoms with E-state index in [0.29, 0.717) is 0 Å². The van der Waals surface area contributed by atoms with Crippen LogP contribution < -0.4 is 4.90 Å². The lowest BCUT2D eigenvalue weighted by molar-refractivity contribution is 0.215. The first-order chi connectivity index (χ1) is 9.52. The molecule has 0 radical (unpaired) electrons. The summed E-state index contributed by atoms with van der Waals surface area (Å²) in [5.74, 6) is 1.14. The van der Waals surface area contributed by atoms with Gasteiger partial charge < -0.3 is 10.0 Å². The molecule has 1 N–H and O–H groups in total. The number of hydrogen-bond donors (Lipinski definition) is 1. The van der Waals surface area contributed by atoms with Crippen LogP contribution >= 0.6 is 0 Å². The van der Waals surface area contributed by atoms with E-state index in [1.165, 1.54) is 5.56 Å². The van der Waals surface area contributed by atoms with Crippen LogP contribution in [0.1, 0.15) is 32.8 Å². The fourth-order valence-corrected chi connectivity index (χ4v) is 2.71. The number of pyridine rings is 1. The maximum absolute atomic E-state index is 8.91. The van der Waals surface area contributed by atoms with Crippen molar-refractivity contribution in [3.8, 4) is 0 Å². The van der Waals surface area contributed by atoms with Crippen LogP contribution in [0.4, 0.5) is 5.82 Å². The fraction of sp³-hybridized carbons (Fsp3) is 0.688. The van der Waals surface area contributed by atoms with Gasteiger partial charge in [0.15, 0.2) is 0 Å². The molecule has 2 heterocycles. The average Bonchev–Trinajstić information content (AvgIpc) is 2.45. The molecule has 0 spiro atoms. The van der Waals surface area contributed by atoms with Gasteiger partial charge in [0, 0.05) is 51.1 Å². The second-order valence-corrected chi connectivity index (χ2v) is 6.53. The van der Waals surface area contributed by atoms with Crippen molar-refractivity contribution >= 4 is 5.82 Å². The van der Waals surface area contributed by atoms with Gasteiger partial charge in [0.2, 0.25) is 0 Å². The third kappa shape index (κ3) is 3.70. The van der Waals surface area contributed by atoms with E-state index in [9.17, 15) is 0 Å². The summed E-state index contributed by atoms with van der Waals surface area (Å²) in [6.45, 7) is 12.2. The molecule has 112 valence electrons. The smallest absolute Gasteiger partial charge is 0.132 e. The molecule has 4 heteroatoms. The minimum atomic E-state index is 0.123. The van der Waals surface area contributed by atoms with Gasteiger partial charge in [-0.2, -0.15) is 0 Å². The van der Waals surface area contributed by atoms with Gasteiger partial charge in [-0.3, -0.25) is 4.90 Å². The summed E-state index contributed by atoms with van der Waals surface area (Å²) < 4.78 is 0. The molecule has 0 saturated carbocycles. The predicted octanol–water partition coefficient (Wildman–Crippen LogP) is 1.88. The molecule has 1 saturated heterocycles. The monoisotopic (exact) mass is 277 g/mol. The highest BCUT2D eigenvalue weighted by molar-refractivity contribution is 5.50. The third-order valence-electron chi connectivity index (χ3n) is 3.90. The number of anilines is 1. The van der Waals surface area contributed by atoms with Crippen molar-refractivity contribution in [1.82, 2.24) is 9.88 Å². The Hall–Kier alpha value is -1.13. The Kier molecular flexibility index (Phi) is 5.00. The minimum Gasteiger partial charge on any atom is -0.396 e. The standard InChI is InChI=1S/C16H27N3O/c1-16(2,3)14-6-4-7-17-15(14)19-11-9-18(10-12-19)8-5-13-20/h4,6-7,20H,5,8-13H2,1-3H3. The minimum absolute atomic E-state index is 0.123. The SMILES string of the molecule is CC(C)(C)c1cccnc1N1CCN(CCCO)CC1. The van der Waals surface area contributed by atoms with Gasteiger partial charge in [-0.25, -0.2) is 4.98 Å². The molecule has 0 atom stereocenters. The molecule has 1 aromatic rings. The number of piperazine rings is 1. The molecule has 1 fully saturated rings. The topological polar surface area (TPSA) is 39.6 Å². The highest BCUT2D eigenvalue weighted by atomic mass is 16.3. The maximum Gasteiger partial charge on any atom is 0.132 e. The van der Waals surface area contributed by atoms with E-state index in [-0.39, 0.29) is 12.0 Å². The van der Waals surface area contributed by atoms with Gasteiger partial charge in [0.05, 0.1) is 0 Å². The van der Waals surface area contributed by atoms with Crippen LogP contribution in [0.2, 0.25) is 0 Å². The number of aromatic nitrogens is 1. The zero-order chi connectivity index (χ0) is 14.6. The van der Waals surface area contributed by atoms with Crippen LogP contribution in [-0.4, -0.2) is 54.3 Å². The summed E-state index contributed by atoms with van der Waals surface area (Å²) in [5, 5.41) is 8.91. The van der Waals surface area contributed by atoms with E-state index in [4.69, 9.17) is 5.11 Å². The van der Waals surface area contributed by atoms with Crippen LogP contribution in [0.5, 0.6) is 0 Å². The Morgan fingerprint density at radius 1 is 1.20 bits per heavy atom. The normalized spacial score (nSPS) is 17.5. The molecular weight excluding hydrogens is 250 g/mol. The van der Waals surface area contributed by atoms with Crippen LogP contribution in [-0.2, 0) is 5.41 Å². The largest absolute Gasteiger partial charge is 0.396 e. The van der Waals surface area contributed by atoms with Crippen molar-refractivity contribution in [3.05, 3.63) is 23.9 Å². The molecule has 0 bridgehead atoms. The van der Waals surface area contributed by atoms with E-state index < -0.39 is 0 Å². The van der Waals surface area contributed by atoms with Gasteiger partial charge in [-0.05, 0) is 17.9 Å². The van der Waals surface area contributed by atoms with E-state index >= 15 is 0 Å². The molecule has 0 aliphatic carbocycles. The van der Waals surface area contributed by atoms with Gasteiger partial charge in [-0.15, -0.1) is 0 Å². The van der Waals surface area contributed by atoms with Crippen molar-refractivity contribution < 1.29 is 5.11 Å². The van der Waals surface area contributed by atoms with Gasteiger partial charge in [-0.1, -0.05) is 26.8 Å². The first-order valence-electron chi connectivity index (χ1n) is 7.56. The van der Waals surface area contributed by atoms with Crippen molar-refractivity contribution in [2.45, 2.75) is 32.6 Å². The Labute approximate surface area is 122 Å². The molecule has 2 rings (SSSR count). The van der Waals surface area contributed by atoms with Crippen molar-refractivity contribution in [3.63, 3.8) is 0 Å². The number of aliphatic hydroxyl groups excluding tert-OH is 1. The van der Waals surface area contributed by atoms with E-state index in [0.717, 1.165) is 45.0 Å². The first-order valence-corrected chi connectivity index (χ1v) is 7.56. The molecule has 20 heavy (non-hydrogen) atoms. The second kappa shape index (κ2) is 6.55. The highest BCUT2D eigenvalue weighted by Gasteiger charge is 2.24. The number of rotatable bonds is 4. The zero-order valence-electron chi connectivity index (χ0n) is 13.0. The Morgan fingerprint density at radius 2 is 1.90 bits per heavy atom. The summed E-state index contributed by atoms with van der Waals surface area (Å²) in [6, 6.07) is 4.22. The van der Waals surface area contributed by atoms with Gasteiger partial charge >= 0.3 is 0 Å². The summed E-state index contributed by atoms with van der Waals surface area (Å²) in [6.07, 6.45) is 2.76. The fourth-order valence-electron chi connectivity index (χ4n) is 2.71. The number of hydrogen-bond acceptors (Lipinski definition) is 4. The first kappa shape index (κ1) is 15.3. The summed E-state index contributed by atoms with van der Waals surface area (Å²) in [5.41, 5.74) is 1.45. The van der Waals surface area contributed by atoms with Gasteiger partial charge in [0.1, 0.15) is 5.82 Å². The van der Waals surface area contributed by atoms with E-state index in [1.54, 1.807) is 0 Å². The van der Waals surface area contributed by atoms with Crippen molar-refractivity contribution in [2.75, 3.05) is 44.2 Å². The average molecular weight is 277 g/mol. The lowest BCUT2D eigenvalue weighted by atomic mass is 9.87. The lowest BCUT2D eigenvalue weighted by Gasteiger charge is -2.37. The molecule has 1 aliphatic heterocycles. The van der Waals surface area contributed by atoms with Crippen LogP contribution in [0.25, 0.3) is 0 Å². The van der Waals surface area contributed by atoms with E-state index in [1.807, 2.05) is 12.3 Å². The van der Waals surface area contributed by atoms with Crippen LogP contribution in [0.3, 0.4) is 0 Å². The molecular formula is C16H27N3O. The number of aliphatic hydroxyl groups is 1. The Morgan fingerprint density at radius 3 is 2.50 bits per heavy atom. The van der Waals surface area contributed by atoms with E-state index in [2.05, 4.69) is 41.6 Å². The number of nitrogens with zero attached hydrogens (tertiary/aromatic N) is 3. The van der Waals surface area contributed by atoms with Crippen molar-refractivity contribution in [2.24, 2.45) is 0 Å². The third-order valence-corrected chi connectivity index (χ3v) is 3.90. The molecule has 0 unspecified atom stereocenters. The summed E-state index contributed by atoms with van der Waals surface area (Å²) >= 11 is 0. The molecule has 0 aromatic carbocycles. The second-order valence-electron chi connectivity index (χ2n) is 6.53. The maximum atomic E-state index is 8.91. The summed E-state index contributed by atoms with van der Waals surface area (Å²) in [4.78, 5) is 9.45. The molecule has 1 aromatic heterocycles. The van der Waals surface area contributed by atoms with Crippen LogP contribution in [0.15, 0.2) is 18.3 Å².